The number of benzene rings is 2. The van der Waals surface area contributed by atoms with Gasteiger partial charge in [-0.05, 0) is 31.2 Å². The smallest absolute Gasteiger partial charge is 0.230 e. The second-order valence-corrected chi connectivity index (χ2v) is 6.64. The predicted molar refractivity (Wildman–Crippen MR) is 92.5 cm³/mol. The molecule has 4 rings (SSSR count). The minimum atomic E-state index is -0.368. The molecular weight excluding hydrogens is 308 g/mol. The number of fused-ring (bicyclic) bond motifs is 5. The molecule has 0 fully saturated rings. The first-order valence-corrected chi connectivity index (χ1v) is 8.15. The number of carbonyl (C=O) groups is 1. The van der Waals surface area contributed by atoms with Gasteiger partial charge >= 0.3 is 0 Å². The molecule has 4 aromatic rings. The van der Waals surface area contributed by atoms with Gasteiger partial charge in [0.15, 0.2) is 5.16 Å². The van der Waals surface area contributed by atoms with E-state index in [4.69, 9.17) is 15.7 Å². The number of hydrogen-bond acceptors (Lipinski definition) is 4. The van der Waals surface area contributed by atoms with E-state index in [9.17, 15) is 4.79 Å². The molecule has 0 bridgehead atoms. The van der Waals surface area contributed by atoms with Crippen molar-refractivity contribution in [1.82, 2.24) is 14.4 Å². The molecule has 1 amide bonds. The number of nitrogens with two attached hydrogens (primary N) is 1. The Morgan fingerprint density at radius 3 is 2.57 bits per heavy atom. The highest BCUT2D eigenvalue weighted by Crippen LogP contribution is 2.30. The van der Waals surface area contributed by atoms with Crippen molar-refractivity contribution in [3.8, 4) is 0 Å². The Bertz CT molecular complexity index is 1060. The molecule has 2 N–H and O–H groups in total. The number of nitrogens with zero attached hydrogens (tertiary/aromatic N) is 3. The molecule has 0 radical (unpaired) electrons. The molecule has 2 aromatic heterocycles. The zero-order chi connectivity index (χ0) is 16.0. The van der Waals surface area contributed by atoms with Crippen LogP contribution in [0.15, 0.2) is 53.7 Å². The summed E-state index contributed by atoms with van der Waals surface area (Å²) in [6.45, 7) is 1.79. The summed E-state index contributed by atoms with van der Waals surface area (Å²) < 4.78 is 2.00. The molecule has 114 valence electrons. The molecule has 0 unspecified atom stereocenters. The first kappa shape index (κ1) is 14.0. The van der Waals surface area contributed by atoms with Crippen LogP contribution in [0.25, 0.3) is 27.6 Å². The van der Waals surface area contributed by atoms with Crippen molar-refractivity contribution >= 4 is 45.3 Å². The maximum atomic E-state index is 11.5. The molecule has 5 nitrogen and oxygen atoms in total. The number of primary amides is 1. The van der Waals surface area contributed by atoms with Crippen LogP contribution in [0.2, 0.25) is 0 Å². The van der Waals surface area contributed by atoms with Gasteiger partial charge in [-0.15, -0.1) is 0 Å². The summed E-state index contributed by atoms with van der Waals surface area (Å²) in [7, 11) is 0. The van der Waals surface area contributed by atoms with Gasteiger partial charge in [-0.2, -0.15) is 0 Å². The fraction of sp³-hybridized carbons (Fsp3) is 0.118. The molecule has 0 spiro atoms. The monoisotopic (exact) mass is 322 g/mol. The van der Waals surface area contributed by atoms with Crippen LogP contribution in [-0.2, 0) is 4.79 Å². The first-order chi connectivity index (χ1) is 11.1. The van der Waals surface area contributed by atoms with Gasteiger partial charge in [-0.25, -0.2) is 9.97 Å². The van der Waals surface area contributed by atoms with E-state index in [1.165, 1.54) is 11.8 Å². The van der Waals surface area contributed by atoms with Gasteiger partial charge in [0, 0.05) is 5.39 Å². The van der Waals surface area contributed by atoms with E-state index in [0.29, 0.717) is 0 Å². The van der Waals surface area contributed by atoms with Crippen molar-refractivity contribution < 1.29 is 4.79 Å². The number of thioether (sulfide) groups is 1. The Morgan fingerprint density at radius 2 is 1.78 bits per heavy atom. The van der Waals surface area contributed by atoms with Gasteiger partial charge in [-0.3, -0.25) is 9.20 Å². The van der Waals surface area contributed by atoms with Gasteiger partial charge in [0.25, 0.3) is 0 Å². The van der Waals surface area contributed by atoms with E-state index >= 15 is 0 Å². The summed E-state index contributed by atoms with van der Waals surface area (Å²) >= 11 is 1.35. The van der Waals surface area contributed by atoms with E-state index in [2.05, 4.69) is 0 Å². The molecule has 0 aliphatic rings. The molecule has 2 aromatic carbocycles. The number of para-hydroxylation sites is 3. The standard InChI is InChI=1S/C17H14N4OS/c1-10(15(18)22)23-17-20-12-7-3-2-6-11(12)16-19-13-8-4-5-9-14(13)21(16)17/h2-10H,1H3,(H2,18,22)/t10-/m1/s1. The molecule has 6 heteroatoms. The Hall–Kier alpha value is -2.60. The van der Waals surface area contributed by atoms with Crippen LogP contribution in [0.1, 0.15) is 6.92 Å². The molecule has 1 atom stereocenters. The predicted octanol–water partition coefficient (Wildman–Crippen LogP) is 3.00. The van der Waals surface area contributed by atoms with Crippen molar-refractivity contribution in [2.45, 2.75) is 17.3 Å². The third-order valence-corrected chi connectivity index (χ3v) is 4.87. The molecular formula is C17H14N4OS. The minimum Gasteiger partial charge on any atom is -0.369 e. The summed E-state index contributed by atoms with van der Waals surface area (Å²) in [5.74, 6) is -0.359. The maximum absolute atomic E-state index is 11.5. The normalized spacial score (nSPS) is 12.9. The molecule has 0 saturated carbocycles. The molecule has 0 aliphatic heterocycles. The van der Waals surface area contributed by atoms with E-state index < -0.39 is 0 Å². The van der Waals surface area contributed by atoms with Crippen LogP contribution in [0.3, 0.4) is 0 Å². The Balaban J connectivity index is 2.11. The number of hydrogen-bond donors (Lipinski definition) is 1. The minimum absolute atomic E-state index is 0.359. The summed E-state index contributed by atoms with van der Waals surface area (Å²) in [5.41, 5.74) is 8.99. The van der Waals surface area contributed by atoms with E-state index in [0.717, 1.165) is 32.7 Å². The third-order valence-electron chi connectivity index (χ3n) is 3.80. The lowest BCUT2D eigenvalue weighted by Crippen LogP contribution is -2.23. The molecule has 0 aliphatic carbocycles. The first-order valence-electron chi connectivity index (χ1n) is 7.27. The fourth-order valence-electron chi connectivity index (χ4n) is 2.61. The quantitative estimate of drug-likeness (QED) is 0.465. The average Bonchev–Trinajstić information content (AvgIpc) is 2.95. The Labute approximate surface area is 136 Å². The van der Waals surface area contributed by atoms with Crippen LogP contribution >= 0.6 is 11.8 Å². The lowest BCUT2D eigenvalue weighted by molar-refractivity contribution is -0.117. The molecule has 23 heavy (non-hydrogen) atoms. The van der Waals surface area contributed by atoms with Crippen LogP contribution < -0.4 is 5.73 Å². The summed E-state index contributed by atoms with van der Waals surface area (Å²) in [4.78, 5) is 20.9. The van der Waals surface area contributed by atoms with Gasteiger partial charge in [0.1, 0.15) is 5.65 Å². The van der Waals surface area contributed by atoms with Crippen LogP contribution in [-0.4, -0.2) is 25.5 Å². The number of imidazole rings is 1. The summed E-state index contributed by atoms with van der Waals surface area (Å²) in [5, 5.41) is 1.34. The van der Waals surface area contributed by atoms with Crippen molar-refractivity contribution in [2.75, 3.05) is 0 Å². The van der Waals surface area contributed by atoms with Crippen molar-refractivity contribution in [1.29, 1.82) is 0 Å². The van der Waals surface area contributed by atoms with Crippen LogP contribution in [0.4, 0.5) is 0 Å². The number of rotatable bonds is 3. The molecule has 0 saturated heterocycles. The lowest BCUT2D eigenvalue weighted by atomic mass is 10.2. The summed E-state index contributed by atoms with van der Waals surface area (Å²) in [6.07, 6.45) is 0. The SMILES string of the molecule is C[C@@H](Sc1nc2ccccc2c2nc3ccccc3n12)C(N)=O. The number of carbonyl (C=O) groups excluding carboxylic acids is 1. The van der Waals surface area contributed by atoms with Gasteiger partial charge in [0.05, 0.1) is 21.8 Å². The number of amides is 1. The highest BCUT2D eigenvalue weighted by Gasteiger charge is 2.18. The van der Waals surface area contributed by atoms with Crippen LogP contribution in [0, 0.1) is 0 Å². The third kappa shape index (κ3) is 2.22. The zero-order valence-electron chi connectivity index (χ0n) is 12.4. The Kier molecular flexibility index (Phi) is 3.20. The van der Waals surface area contributed by atoms with Gasteiger partial charge in [-0.1, -0.05) is 36.0 Å². The van der Waals surface area contributed by atoms with Gasteiger partial charge < -0.3 is 5.73 Å². The second-order valence-electron chi connectivity index (χ2n) is 5.33. The van der Waals surface area contributed by atoms with E-state index in [1.54, 1.807) is 6.92 Å². The van der Waals surface area contributed by atoms with Crippen molar-refractivity contribution in [3.05, 3.63) is 48.5 Å². The van der Waals surface area contributed by atoms with E-state index in [1.807, 2.05) is 52.9 Å². The highest BCUT2D eigenvalue weighted by molar-refractivity contribution is 8.00. The Morgan fingerprint density at radius 1 is 1.09 bits per heavy atom. The molecule has 2 heterocycles. The maximum Gasteiger partial charge on any atom is 0.230 e. The average molecular weight is 322 g/mol. The fourth-order valence-corrected chi connectivity index (χ4v) is 3.48. The van der Waals surface area contributed by atoms with Gasteiger partial charge in [0.2, 0.25) is 5.91 Å². The largest absolute Gasteiger partial charge is 0.369 e. The summed E-state index contributed by atoms with van der Waals surface area (Å²) in [6, 6.07) is 15.8. The zero-order valence-corrected chi connectivity index (χ0v) is 13.2. The van der Waals surface area contributed by atoms with E-state index in [-0.39, 0.29) is 11.2 Å². The lowest BCUT2D eigenvalue weighted by Gasteiger charge is -2.10. The van der Waals surface area contributed by atoms with Crippen LogP contribution in [0.5, 0.6) is 0 Å². The van der Waals surface area contributed by atoms with Crippen molar-refractivity contribution in [3.63, 3.8) is 0 Å². The number of aromatic nitrogens is 3. The highest BCUT2D eigenvalue weighted by atomic mass is 32.2. The van der Waals surface area contributed by atoms with Crippen molar-refractivity contribution in [2.24, 2.45) is 5.73 Å². The topological polar surface area (TPSA) is 73.3 Å². The second kappa shape index (κ2) is 5.24.